The summed E-state index contributed by atoms with van der Waals surface area (Å²) in [5, 5.41) is 8.65. The van der Waals surface area contributed by atoms with E-state index in [9.17, 15) is 0 Å². The fraction of sp³-hybridized carbons (Fsp3) is 0.467. The molecule has 1 aliphatic rings. The minimum atomic E-state index is 0.120. The van der Waals surface area contributed by atoms with E-state index in [1.807, 2.05) is 25.1 Å². The van der Waals surface area contributed by atoms with E-state index in [2.05, 4.69) is 11.8 Å². The van der Waals surface area contributed by atoms with E-state index in [1.54, 1.807) is 0 Å². The van der Waals surface area contributed by atoms with E-state index in [-0.39, 0.29) is 6.61 Å². The van der Waals surface area contributed by atoms with E-state index >= 15 is 0 Å². The molecule has 1 N–H and O–H groups in total. The molecule has 17 heavy (non-hydrogen) atoms. The second kappa shape index (κ2) is 5.75. The van der Waals surface area contributed by atoms with Crippen LogP contribution in [0.2, 0.25) is 0 Å². The first kappa shape index (κ1) is 12.0. The molecule has 1 saturated carbocycles. The van der Waals surface area contributed by atoms with Gasteiger partial charge in [0.05, 0.1) is 13.2 Å². The zero-order chi connectivity index (χ0) is 12.1. The summed E-state index contributed by atoms with van der Waals surface area (Å²) in [6.45, 7) is 3.00. The van der Waals surface area contributed by atoms with Gasteiger partial charge in [-0.1, -0.05) is 11.8 Å². The number of hydrogen-bond donors (Lipinski definition) is 1. The summed E-state index contributed by atoms with van der Waals surface area (Å²) in [6, 6.07) is 5.99. The normalized spacial score (nSPS) is 14.0. The van der Waals surface area contributed by atoms with E-state index < -0.39 is 0 Å². The van der Waals surface area contributed by atoms with Gasteiger partial charge < -0.3 is 9.84 Å². The smallest absolute Gasteiger partial charge is 0.122 e. The molecule has 1 aliphatic carbocycles. The Balaban J connectivity index is 1.97. The van der Waals surface area contributed by atoms with E-state index in [4.69, 9.17) is 9.84 Å². The number of hydrogen-bond acceptors (Lipinski definition) is 2. The van der Waals surface area contributed by atoms with Gasteiger partial charge in [0.2, 0.25) is 0 Å². The van der Waals surface area contributed by atoms with Crippen molar-refractivity contribution < 1.29 is 9.84 Å². The molecule has 90 valence electrons. The first-order valence-electron chi connectivity index (χ1n) is 6.13. The summed E-state index contributed by atoms with van der Waals surface area (Å²) in [4.78, 5) is 0. The molecule has 0 radical (unpaired) electrons. The predicted octanol–water partition coefficient (Wildman–Crippen LogP) is 2.52. The SMILES string of the molecule is Cc1cc(C#CCCO)ccc1OCC1CC1. The molecule has 0 amide bonds. The summed E-state index contributed by atoms with van der Waals surface area (Å²) < 4.78 is 5.75. The van der Waals surface area contributed by atoms with Crippen LogP contribution >= 0.6 is 0 Å². The van der Waals surface area contributed by atoms with Crippen LogP contribution in [0.15, 0.2) is 18.2 Å². The Morgan fingerprint density at radius 2 is 2.24 bits per heavy atom. The maximum Gasteiger partial charge on any atom is 0.122 e. The standard InChI is InChI=1S/C15H18O2/c1-12-10-13(4-2-3-9-16)7-8-15(12)17-11-14-5-6-14/h7-8,10,14,16H,3,5-6,9,11H2,1H3. The second-order valence-corrected chi connectivity index (χ2v) is 4.51. The lowest BCUT2D eigenvalue weighted by Crippen LogP contribution is -2.00. The molecule has 0 bridgehead atoms. The van der Waals surface area contributed by atoms with Gasteiger partial charge in [0, 0.05) is 12.0 Å². The Labute approximate surface area is 103 Å². The largest absolute Gasteiger partial charge is 0.493 e. The van der Waals surface area contributed by atoms with Crippen molar-refractivity contribution in [1.82, 2.24) is 0 Å². The molecular formula is C15H18O2. The summed E-state index contributed by atoms with van der Waals surface area (Å²) in [5.74, 6) is 7.68. The molecule has 0 aliphatic heterocycles. The lowest BCUT2D eigenvalue weighted by Gasteiger charge is -2.08. The zero-order valence-electron chi connectivity index (χ0n) is 10.2. The number of benzene rings is 1. The molecular weight excluding hydrogens is 212 g/mol. The Hall–Kier alpha value is -1.46. The number of rotatable bonds is 4. The van der Waals surface area contributed by atoms with Gasteiger partial charge in [-0.15, -0.1) is 0 Å². The van der Waals surface area contributed by atoms with Crippen LogP contribution in [0.3, 0.4) is 0 Å². The van der Waals surface area contributed by atoms with E-state index in [1.165, 1.54) is 12.8 Å². The van der Waals surface area contributed by atoms with Gasteiger partial charge in [0.1, 0.15) is 5.75 Å². The Morgan fingerprint density at radius 1 is 1.41 bits per heavy atom. The fourth-order valence-corrected chi connectivity index (χ4v) is 1.60. The molecule has 2 nitrogen and oxygen atoms in total. The molecule has 2 rings (SSSR count). The monoisotopic (exact) mass is 230 g/mol. The van der Waals surface area contributed by atoms with Crippen molar-refractivity contribution in [3.63, 3.8) is 0 Å². The van der Waals surface area contributed by atoms with Crippen LogP contribution in [0.4, 0.5) is 0 Å². The highest BCUT2D eigenvalue weighted by Gasteiger charge is 2.22. The Bertz CT molecular complexity index is 436. The third-order valence-electron chi connectivity index (χ3n) is 2.82. The summed E-state index contributed by atoms with van der Waals surface area (Å²) in [5.41, 5.74) is 2.11. The van der Waals surface area contributed by atoms with Crippen molar-refractivity contribution in [2.24, 2.45) is 5.92 Å². The molecule has 0 atom stereocenters. The van der Waals surface area contributed by atoms with Crippen molar-refractivity contribution in [1.29, 1.82) is 0 Å². The number of aliphatic hydroxyl groups is 1. The third-order valence-corrected chi connectivity index (χ3v) is 2.82. The van der Waals surface area contributed by atoms with Gasteiger partial charge in [-0.25, -0.2) is 0 Å². The number of aliphatic hydroxyl groups excluding tert-OH is 1. The maximum atomic E-state index is 8.65. The maximum absolute atomic E-state index is 8.65. The molecule has 1 fully saturated rings. The van der Waals surface area contributed by atoms with Gasteiger partial charge in [0.15, 0.2) is 0 Å². The third kappa shape index (κ3) is 3.80. The lowest BCUT2D eigenvalue weighted by molar-refractivity contribution is 0.298. The van der Waals surface area contributed by atoms with Crippen LogP contribution in [0, 0.1) is 24.7 Å². The lowest BCUT2D eigenvalue weighted by atomic mass is 10.1. The fourth-order valence-electron chi connectivity index (χ4n) is 1.60. The van der Waals surface area contributed by atoms with Gasteiger partial charge in [-0.3, -0.25) is 0 Å². The van der Waals surface area contributed by atoms with Crippen LogP contribution < -0.4 is 4.74 Å². The highest BCUT2D eigenvalue weighted by Crippen LogP contribution is 2.30. The average Bonchev–Trinajstić information content (AvgIpc) is 3.12. The molecule has 2 heteroatoms. The predicted molar refractivity (Wildman–Crippen MR) is 68.0 cm³/mol. The summed E-state index contributed by atoms with van der Waals surface area (Å²) in [7, 11) is 0. The first-order valence-corrected chi connectivity index (χ1v) is 6.13. The average molecular weight is 230 g/mol. The van der Waals surface area contributed by atoms with E-state index in [0.717, 1.165) is 29.4 Å². The Morgan fingerprint density at radius 3 is 2.88 bits per heavy atom. The van der Waals surface area contributed by atoms with Crippen LogP contribution in [-0.4, -0.2) is 18.3 Å². The molecule has 0 saturated heterocycles. The molecule has 0 aromatic heterocycles. The minimum Gasteiger partial charge on any atom is -0.493 e. The van der Waals surface area contributed by atoms with Crippen molar-refractivity contribution in [3.05, 3.63) is 29.3 Å². The first-order chi connectivity index (χ1) is 8.29. The summed E-state index contributed by atoms with van der Waals surface area (Å²) >= 11 is 0. The topological polar surface area (TPSA) is 29.5 Å². The van der Waals surface area contributed by atoms with Gasteiger partial charge in [0.25, 0.3) is 0 Å². The van der Waals surface area contributed by atoms with Crippen molar-refractivity contribution in [2.45, 2.75) is 26.2 Å². The molecule has 0 unspecified atom stereocenters. The minimum absolute atomic E-state index is 0.120. The van der Waals surface area contributed by atoms with Crippen LogP contribution in [0.25, 0.3) is 0 Å². The number of ether oxygens (including phenoxy) is 1. The van der Waals surface area contributed by atoms with Gasteiger partial charge in [-0.05, 0) is 49.4 Å². The van der Waals surface area contributed by atoms with Gasteiger partial charge >= 0.3 is 0 Å². The van der Waals surface area contributed by atoms with Crippen LogP contribution in [-0.2, 0) is 0 Å². The van der Waals surface area contributed by atoms with Crippen molar-refractivity contribution in [2.75, 3.05) is 13.2 Å². The molecule has 1 aromatic rings. The van der Waals surface area contributed by atoms with E-state index in [0.29, 0.717) is 6.42 Å². The highest BCUT2D eigenvalue weighted by atomic mass is 16.5. The van der Waals surface area contributed by atoms with Crippen molar-refractivity contribution in [3.8, 4) is 17.6 Å². The number of aryl methyl sites for hydroxylation is 1. The van der Waals surface area contributed by atoms with Crippen LogP contribution in [0.5, 0.6) is 5.75 Å². The second-order valence-electron chi connectivity index (χ2n) is 4.51. The van der Waals surface area contributed by atoms with Crippen molar-refractivity contribution >= 4 is 0 Å². The molecule has 1 aromatic carbocycles. The summed E-state index contributed by atoms with van der Waals surface area (Å²) in [6.07, 6.45) is 3.15. The Kier molecular flexibility index (Phi) is 4.06. The molecule has 0 spiro atoms. The van der Waals surface area contributed by atoms with Crippen LogP contribution in [0.1, 0.15) is 30.4 Å². The van der Waals surface area contributed by atoms with Gasteiger partial charge in [-0.2, -0.15) is 0 Å². The zero-order valence-corrected chi connectivity index (χ0v) is 10.2. The highest BCUT2D eigenvalue weighted by molar-refractivity contribution is 5.43. The molecule has 0 heterocycles. The quantitative estimate of drug-likeness (QED) is 0.805.